The van der Waals surface area contributed by atoms with Gasteiger partial charge >= 0.3 is 6.09 Å². The van der Waals surface area contributed by atoms with Crippen molar-refractivity contribution < 1.29 is 9.53 Å². The Labute approximate surface area is 128 Å². The number of alkyl carbamates (subject to hydrolysis) is 1. The van der Waals surface area contributed by atoms with E-state index >= 15 is 0 Å². The van der Waals surface area contributed by atoms with Crippen molar-refractivity contribution in [1.82, 2.24) is 10.3 Å². The molecule has 5 heteroatoms. The lowest BCUT2D eigenvalue weighted by atomic mass is 10.2. The standard InChI is InChI=1S/C16H24N2O2Si/c1-16(2,3)20-15(19)17-12-14-9-7-8-13(18-14)10-11-21(4,5)6/h7-9H,12H2,1-6H3,(H,17,19). The molecule has 0 aromatic carbocycles. The molecule has 1 aromatic rings. The van der Waals surface area contributed by atoms with Gasteiger partial charge in [-0.25, -0.2) is 9.78 Å². The Bertz CT molecular complexity index is 560. The highest BCUT2D eigenvalue weighted by Gasteiger charge is 2.15. The van der Waals surface area contributed by atoms with E-state index in [0.29, 0.717) is 6.54 Å². The molecule has 0 aliphatic rings. The first-order valence-electron chi connectivity index (χ1n) is 7.01. The molecule has 4 nitrogen and oxygen atoms in total. The Morgan fingerprint density at radius 2 is 2.00 bits per heavy atom. The van der Waals surface area contributed by atoms with E-state index in [0.717, 1.165) is 11.4 Å². The van der Waals surface area contributed by atoms with Crippen LogP contribution in [0.25, 0.3) is 0 Å². The summed E-state index contributed by atoms with van der Waals surface area (Å²) in [5.41, 5.74) is 4.28. The number of rotatable bonds is 2. The first-order chi connectivity index (χ1) is 9.55. The topological polar surface area (TPSA) is 51.2 Å². The smallest absolute Gasteiger partial charge is 0.407 e. The van der Waals surface area contributed by atoms with Gasteiger partial charge in [-0.2, -0.15) is 0 Å². The number of pyridine rings is 1. The molecule has 1 heterocycles. The molecule has 1 N–H and O–H groups in total. The van der Waals surface area contributed by atoms with Crippen molar-refractivity contribution in [3.8, 4) is 11.5 Å². The summed E-state index contributed by atoms with van der Waals surface area (Å²) in [5.74, 6) is 3.11. The van der Waals surface area contributed by atoms with Crippen molar-refractivity contribution in [2.45, 2.75) is 52.6 Å². The molecule has 21 heavy (non-hydrogen) atoms. The fourth-order valence-corrected chi connectivity index (χ4v) is 1.88. The molecule has 1 amide bonds. The molecule has 114 valence electrons. The number of nitrogens with one attached hydrogen (secondary N) is 1. The summed E-state index contributed by atoms with van der Waals surface area (Å²) in [6.45, 7) is 12.4. The molecule has 0 aliphatic heterocycles. The van der Waals surface area contributed by atoms with Gasteiger partial charge in [0.25, 0.3) is 0 Å². The molecule has 0 atom stereocenters. The van der Waals surface area contributed by atoms with Crippen molar-refractivity contribution >= 4 is 14.2 Å². The summed E-state index contributed by atoms with van der Waals surface area (Å²) < 4.78 is 5.18. The van der Waals surface area contributed by atoms with Crippen LogP contribution >= 0.6 is 0 Å². The maximum absolute atomic E-state index is 11.6. The number of hydrogen-bond donors (Lipinski definition) is 1. The Morgan fingerprint density at radius 3 is 2.57 bits per heavy atom. The highest BCUT2D eigenvalue weighted by atomic mass is 28.3. The van der Waals surface area contributed by atoms with Crippen LogP contribution in [0.1, 0.15) is 32.2 Å². The second-order valence-electron chi connectivity index (χ2n) is 6.87. The molecule has 0 aliphatic carbocycles. The first-order valence-corrected chi connectivity index (χ1v) is 10.5. The average molecular weight is 304 g/mol. The lowest BCUT2D eigenvalue weighted by Gasteiger charge is -2.19. The Hall–Kier alpha value is -1.80. The van der Waals surface area contributed by atoms with Crippen molar-refractivity contribution in [1.29, 1.82) is 0 Å². The van der Waals surface area contributed by atoms with Crippen LogP contribution in [0.15, 0.2) is 18.2 Å². The number of ether oxygens (including phenoxy) is 1. The second-order valence-corrected chi connectivity index (χ2v) is 11.6. The van der Waals surface area contributed by atoms with Gasteiger partial charge in [-0.1, -0.05) is 31.6 Å². The summed E-state index contributed by atoms with van der Waals surface area (Å²) in [6, 6.07) is 5.63. The van der Waals surface area contributed by atoms with E-state index in [2.05, 4.69) is 41.4 Å². The average Bonchev–Trinajstić information content (AvgIpc) is 2.32. The van der Waals surface area contributed by atoms with Crippen LogP contribution in [-0.2, 0) is 11.3 Å². The van der Waals surface area contributed by atoms with Crippen molar-refractivity contribution in [2.75, 3.05) is 0 Å². The van der Waals surface area contributed by atoms with E-state index in [-0.39, 0.29) is 0 Å². The fraction of sp³-hybridized carbons (Fsp3) is 0.500. The van der Waals surface area contributed by atoms with Gasteiger partial charge in [-0.05, 0) is 32.9 Å². The van der Waals surface area contributed by atoms with Crippen molar-refractivity contribution in [2.24, 2.45) is 0 Å². The number of aromatic nitrogens is 1. The van der Waals surface area contributed by atoms with E-state index in [1.807, 2.05) is 39.0 Å². The molecule has 0 unspecified atom stereocenters. The van der Waals surface area contributed by atoms with Gasteiger partial charge < -0.3 is 10.1 Å². The zero-order chi connectivity index (χ0) is 16.1. The molecular formula is C16H24N2O2Si. The van der Waals surface area contributed by atoms with Gasteiger partial charge in [0.05, 0.1) is 12.2 Å². The normalized spacial score (nSPS) is 11.3. The second kappa shape index (κ2) is 6.77. The van der Waals surface area contributed by atoms with Gasteiger partial charge in [-0.15, -0.1) is 5.54 Å². The molecule has 0 bridgehead atoms. The number of amides is 1. The summed E-state index contributed by atoms with van der Waals surface area (Å²) in [4.78, 5) is 16.0. The minimum absolute atomic E-state index is 0.331. The Balaban J connectivity index is 2.65. The van der Waals surface area contributed by atoms with Gasteiger partial charge in [0.2, 0.25) is 0 Å². The highest BCUT2D eigenvalue weighted by Crippen LogP contribution is 2.07. The SMILES string of the molecule is CC(C)(C)OC(=O)NCc1cccc(C#C[Si](C)(C)C)n1. The van der Waals surface area contributed by atoms with Gasteiger partial charge in [0.15, 0.2) is 0 Å². The van der Waals surface area contributed by atoms with Gasteiger partial charge in [-0.3, -0.25) is 0 Å². The zero-order valence-electron chi connectivity index (χ0n) is 13.7. The van der Waals surface area contributed by atoms with E-state index in [1.54, 1.807) is 0 Å². The van der Waals surface area contributed by atoms with Crippen LogP contribution in [0, 0.1) is 11.5 Å². The first kappa shape index (κ1) is 17.2. The van der Waals surface area contributed by atoms with Crippen LogP contribution in [-0.4, -0.2) is 24.8 Å². The lowest BCUT2D eigenvalue weighted by Crippen LogP contribution is -2.32. The monoisotopic (exact) mass is 304 g/mol. The van der Waals surface area contributed by atoms with E-state index in [4.69, 9.17) is 4.74 Å². The molecule has 0 spiro atoms. The number of hydrogen-bond acceptors (Lipinski definition) is 3. The molecule has 0 fully saturated rings. The number of nitrogens with zero attached hydrogens (tertiary/aromatic N) is 1. The predicted octanol–water partition coefficient (Wildman–Crippen LogP) is 3.34. The number of carbonyl (C=O) groups is 1. The summed E-state index contributed by atoms with van der Waals surface area (Å²) >= 11 is 0. The van der Waals surface area contributed by atoms with Crippen LogP contribution in [0.4, 0.5) is 4.79 Å². The van der Waals surface area contributed by atoms with Crippen molar-refractivity contribution in [3.63, 3.8) is 0 Å². The minimum Gasteiger partial charge on any atom is -0.444 e. The van der Waals surface area contributed by atoms with Gasteiger partial charge in [0, 0.05) is 0 Å². The molecule has 0 radical (unpaired) electrons. The molecular weight excluding hydrogens is 280 g/mol. The van der Waals surface area contributed by atoms with Crippen LogP contribution in [0.2, 0.25) is 19.6 Å². The van der Waals surface area contributed by atoms with Crippen LogP contribution in [0.5, 0.6) is 0 Å². The minimum atomic E-state index is -1.41. The third-order valence-electron chi connectivity index (χ3n) is 2.19. The maximum Gasteiger partial charge on any atom is 0.407 e. The van der Waals surface area contributed by atoms with E-state index in [9.17, 15) is 4.79 Å². The third kappa shape index (κ3) is 8.15. The fourth-order valence-electron chi connectivity index (χ4n) is 1.38. The largest absolute Gasteiger partial charge is 0.444 e. The van der Waals surface area contributed by atoms with Crippen molar-refractivity contribution in [3.05, 3.63) is 29.6 Å². The Kier molecular flexibility index (Phi) is 5.56. The summed E-state index contributed by atoms with van der Waals surface area (Å²) in [5, 5.41) is 2.69. The predicted molar refractivity (Wildman–Crippen MR) is 87.5 cm³/mol. The summed E-state index contributed by atoms with van der Waals surface area (Å²) in [7, 11) is -1.41. The third-order valence-corrected chi connectivity index (χ3v) is 3.06. The molecule has 0 saturated carbocycles. The van der Waals surface area contributed by atoms with E-state index < -0.39 is 19.8 Å². The zero-order valence-corrected chi connectivity index (χ0v) is 14.7. The van der Waals surface area contributed by atoms with Gasteiger partial charge in [0.1, 0.15) is 19.4 Å². The van der Waals surface area contributed by atoms with E-state index in [1.165, 1.54) is 0 Å². The Morgan fingerprint density at radius 1 is 1.33 bits per heavy atom. The molecule has 1 aromatic heterocycles. The van der Waals surface area contributed by atoms with Crippen LogP contribution in [0.3, 0.4) is 0 Å². The molecule has 1 rings (SSSR count). The maximum atomic E-state index is 11.6. The lowest BCUT2D eigenvalue weighted by molar-refractivity contribution is 0.0523. The quantitative estimate of drug-likeness (QED) is 0.673. The molecule has 0 saturated heterocycles. The number of carbonyl (C=O) groups excluding carboxylic acids is 1. The highest BCUT2D eigenvalue weighted by molar-refractivity contribution is 6.83. The van der Waals surface area contributed by atoms with Crippen LogP contribution < -0.4 is 5.32 Å². The summed E-state index contributed by atoms with van der Waals surface area (Å²) in [6.07, 6.45) is -0.442.